The molecular weight excluding hydrogens is 228 g/mol. The maximum atomic E-state index is 10.8. The number of nitrogens with one attached hydrogen (secondary N) is 1. The van der Waals surface area contributed by atoms with Gasteiger partial charge in [-0.25, -0.2) is 4.79 Å². The Bertz CT molecular complexity index is 319. The SMILES string of the molecule is CC(=O)NC(CCCC(C)(C)[N+](=O)[O-])C(=O)O.[HH]. The zero-order valence-corrected chi connectivity index (χ0v) is 10.2. The third kappa shape index (κ3) is 5.84. The molecule has 2 N–H and O–H groups in total. The zero-order valence-electron chi connectivity index (χ0n) is 10.2. The lowest BCUT2D eigenvalue weighted by molar-refractivity contribution is -0.561. The Morgan fingerprint density at radius 2 is 2.06 bits per heavy atom. The molecule has 0 fully saturated rings. The van der Waals surface area contributed by atoms with Gasteiger partial charge in [-0.3, -0.25) is 14.9 Å². The Morgan fingerprint density at radius 1 is 1.53 bits per heavy atom. The summed E-state index contributed by atoms with van der Waals surface area (Å²) in [6, 6.07) is -0.977. The maximum absolute atomic E-state index is 10.8. The van der Waals surface area contributed by atoms with Crippen LogP contribution in [-0.4, -0.2) is 33.5 Å². The van der Waals surface area contributed by atoms with Gasteiger partial charge < -0.3 is 10.4 Å². The Kier molecular flexibility index (Phi) is 5.57. The minimum atomic E-state index is -1.13. The molecule has 0 aliphatic rings. The van der Waals surface area contributed by atoms with E-state index in [2.05, 4.69) is 5.32 Å². The van der Waals surface area contributed by atoms with Crippen molar-refractivity contribution in [1.29, 1.82) is 0 Å². The molecule has 1 atom stereocenters. The molecule has 0 aliphatic heterocycles. The smallest absolute Gasteiger partial charge is 0.326 e. The molecular formula is C10H20N2O5. The van der Waals surface area contributed by atoms with E-state index in [0.717, 1.165) is 0 Å². The zero-order chi connectivity index (χ0) is 13.6. The molecule has 7 heteroatoms. The first-order valence-electron chi connectivity index (χ1n) is 5.31. The molecule has 0 aliphatic carbocycles. The van der Waals surface area contributed by atoms with Gasteiger partial charge in [0.25, 0.3) is 0 Å². The van der Waals surface area contributed by atoms with Crippen LogP contribution >= 0.6 is 0 Å². The number of rotatable bonds is 7. The van der Waals surface area contributed by atoms with Gasteiger partial charge in [-0.2, -0.15) is 0 Å². The van der Waals surface area contributed by atoms with Crippen LogP contribution < -0.4 is 5.32 Å². The highest BCUT2D eigenvalue weighted by Gasteiger charge is 2.30. The fourth-order valence-corrected chi connectivity index (χ4v) is 1.33. The average molecular weight is 248 g/mol. The lowest BCUT2D eigenvalue weighted by atomic mass is 9.96. The number of nitrogens with zero attached hydrogens (tertiary/aromatic N) is 1. The predicted molar refractivity (Wildman–Crippen MR) is 62.3 cm³/mol. The predicted octanol–water partition coefficient (Wildman–Crippen LogP) is 1.05. The van der Waals surface area contributed by atoms with Crippen LogP contribution in [0.4, 0.5) is 0 Å². The second-order valence-electron chi connectivity index (χ2n) is 4.55. The van der Waals surface area contributed by atoms with Crippen LogP contribution in [0.15, 0.2) is 0 Å². The minimum Gasteiger partial charge on any atom is -0.480 e. The van der Waals surface area contributed by atoms with Gasteiger partial charge in [0.2, 0.25) is 11.4 Å². The molecule has 0 heterocycles. The first-order chi connectivity index (χ1) is 7.66. The summed E-state index contributed by atoms with van der Waals surface area (Å²) >= 11 is 0. The summed E-state index contributed by atoms with van der Waals surface area (Å²) in [5.74, 6) is -1.55. The molecule has 0 rings (SSSR count). The fourth-order valence-electron chi connectivity index (χ4n) is 1.33. The van der Waals surface area contributed by atoms with E-state index in [9.17, 15) is 19.7 Å². The van der Waals surface area contributed by atoms with Crippen molar-refractivity contribution in [1.82, 2.24) is 5.32 Å². The van der Waals surface area contributed by atoms with Crippen LogP contribution in [0.5, 0.6) is 0 Å². The van der Waals surface area contributed by atoms with Crippen molar-refractivity contribution in [3.63, 3.8) is 0 Å². The molecule has 1 amide bonds. The van der Waals surface area contributed by atoms with Gasteiger partial charge in [0.15, 0.2) is 0 Å². The van der Waals surface area contributed by atoms with E-state index < -0.39 is 23.5 Å². The van der Waals surface area contributed by atoms with Crippen LogP contribution in [0, 0.1) is 10.1 Å². The molecule has 0 saturated carbocycles. The van der Waals surface area contributed by atoms with Crippen molar-refractivity contribution in [3.8, 4) is 0 Å². The van der Waals surface area contributed by atoms with E-state index in [-0.39, 0.29) is 19.2 Å². The highest BCUT2D eigenvalue weighted by Crippen LogP contribution is 2.17. The molecule has 1 unspecified atom stereocenters. The van der Waals surface area contributed by atoms with Gasteiger partial charge in [0.05, 0.1) is 0 Å². The van der Waals surface area contributed by atoms with Gasteiger partial charge in [-0.1, -0.05) is 0 Å². The summed E-state index contributed by atoms with van der Waals surface area (Å²) in [5, 5.41) is 21.7. The number of carbonyl (C=O) groups excluding carboxylic acids is 1. The Labute approximate surface area is 101 Å². The van der Waals surface area contributed by atoms with E-state index in [1.54, 1.807) is 0 Å². The van der Waals surface area contributed by atoms with Crippen LogP contribution in [0.1, 0.15) is 41.5 Å². The number of nitro groups is 1. The van der Waals surface area contributed by atoms with Crippen molar-refractivity contribution >= 4 is 11.9 Å². The summed E-state index contributed by atoms with van der Waals surface area (Å²) < 4.78 is 0. The van der Waals surface area contributed by atoms with Crippen molar-refractivity contribution in [3.05, 3.63) is 10.1 Å². The highest BCUT2D eigenvalue weighted by atomic mass is 16.6. The van der Waals surface area contributed by atoms with Gasteiger partial charge in [0, 0.05) is 33.5 Å². The third-order valence-electron chi connectivity index (χ3n) is 2.45. The minimum absolute atomic E-state index is 0. The largest absolute Gasteiger partial charge is 0.480 e. The first kappa shape index (κ1) is 15.3. The Morgan fingerprint density at radius 3 is 2.41 bits per heavy atom. The molecule has 0 bridgehead atoms. The van der Waals surface area contributed by atoms with E-state index in [1.807, 2.05) is 0 Å². The molecule has 7 nitrogen and oxygen atoms in total. The third-order valence-corrected chi connectivity index (χ3v) is 2.45. The fraction of sp³-hybridized carbons (Fsp3) is 0.800. The van der Waals surface area contributed by atoms with E-state index >= 15 is 0 Å². The maximum Gasteiger partial charge on any atom is 0.326 e. The second kappa shape index (κ2) is 6.17. The van der Waals surface area contributed by atoms with Crippen LogP contribution in [0.2, 0.25) is 0 Å². The molecule has 0 radical (unpaired) electrons. The number of amides is 1. The van der Waals surface area contributed by atoms with E-state index in [4.69, 9.17) is 5.11 Å². The number of carbonyl (C=O) groups is 2. The number of carboxylic acids is 1. The lowest BCUT2D eigenvalue weighted by Crippen LogP contribution is -2.40. The van der Waals surface area contributed by atoms with E-state index in [0.29, 0.717) is 6.42 Å². The summed E-state index contributed by atoms with van der Waals surface area (Å²) in [5.41, 5.74) is -1.07. The number of carboxylic acid groups (broad SMARTS) is 1. The molecule has 0 aromatic rings. The standard InChI is InChI=1S/C10H18N2O5.H2/c1-7(13)11-8(9(14)15)5-4-6-10(2,3)12(16)17;/h8H,4-6H2,1-3H3,(H,11,13)(H,14,15);1H. The number of hydrogen-bond acceptors (Lipinski definition) is 4. The van der Waals surface area contributed by atoms with Crippen LogP contribution in [0.25, 0.3) is 0 Å². The first-order valence-corrected chi connectivity index (χ1v) is 5.31. The second-order valence-corrected chi connectivity index (χ2v) is 4.55. The van der Waals surface area contributed by atoms with Crippen molar-refractivity contribution in [2.45, 2.75) is 51.6 Å². The summed E-state index contributed by atoms with van der Waals surface area (Å²) in [7, 11) is 0. The van der Waals surface area contributed by atoms with Gasteiger partial charge in [-0.05, 0) is 12.8 Å². The molecule has 100 valence electrons. The molecule has 0 aromatic heterocycles. The van der Waals surface area contributed by atoms with Gasteiger partial charge in [-0.15, -0.1) is 0 Å². The van der Waals surface area contributed by atoms with Gasteiger partial charge >= 0.3 is 5.97 Å². The molecule has 17 heavy (non-hydrogen) atoms. The molecule has 0 aromatic carbocycles. The number of aliphatic carboxylic acids is 1. The Hall–Kier alpha value is -1.66. The summed E-state index contributed by atoms with van der Waals surface area (Å²) in [6.45, 7) is 4.21. The van der Waals surface area contributed by atoms with Crippen molar-refractivity contribution < 1.29 is 21.0 Å². The normalized spacial score (nSPS) is 12.9. The highest BCUT2D eigenvalue weighted by molar-refractivity contribution is 5.81. The van der Waals surface area contributed by atoms with Crippen LogP contribution in [-0.2, 0) is 9.59 Å². The topological polar surface area (TPSA) is 110 Å². The molecule has 0 spiro atoms. The van der Waals surface area contributed by atoms with Crippen molar-refractivity contribution in [2.24, 2.45) is 0 Å². The van der Waals surface area contributed by atoms with Crippen LogP contribution in [0.3, 0.4) is 0 Å². The Balaban J connectivity index is 0. The summed E-state index contributed by atoms with van der Waals surface area (Å²) in [6.07, 6.45) is 0.820. The average Bonchev–Trinajstić information content (AvgIpc) is 2.14. The quantitative estimate of drug-likeness (QED) is 0.517. The monoisotopic (exact) mass is 248 g/mol. The number of hydrogen-bond donors (Lipinski definition) is 2. The van der Waals surface area contributed by atoms with Crippen molar-refractivity contribution in [2.75, 3.05) is 0 Å². The van der Waals surface area contributed by atoms with Gasteiger partial charge in [0.1, 0.15) is 6.04 Å². The molecule has 0 saturated heterocycles. The van der Waals surface area contributed by atoms with E-state index in [1.165, 1.54) is 20.8 Å². The lowest BCUT2D eigenvalue weighted by Gasteiger charge is -2.17. The summed E-state index contributed by atoms with van der Waals surface area (Å²) in [4.78, 5) is 31.8.